The molecule has 4 N–H and O–H groups in total. The molecule has 2 aliphatic rings. The summed E-state index contributed by atoms with van der Waals surface area (Å²) >= 11 is 1.31. The van der Waals surface area contributed by atoms with E-state index in [1.165, 1.54) is 28.6 Å². The van der Waals surface area contributed by atoms with Crippen molar-refractivity contribution in [2.75, 3.05) is 24.2 Å². The van der Waals surface area contributed by atoms with Gasteiger partial charge in [-0.05, 0) is 36.9 Å². The van der Waals surface area contributed by atoms with E-state index in [9.17, 15) is 19.7 Å². The van der Waals surface area contributed by atoms with Crippen molar-refractivity contribution >= 4 is 28.7 Å². The average Bonchev–Trinajstić information content (AvgIpc) is 3.20. The van der Waals surface area contributed by atoms with Crippen molar-refractivity contribution in [3.8, 4) is 0 Å². The molecule has 0 amide bonds. The van der Waals surface area contributed by atoms with Crippen LogP contribution in [0, 0.1) is 12.7 Å². The SMILES string of the molecule is [2H]C([2H])(CO)O[C@H]1C[C@@H](n2nnc3c(N[C@@]4([2H])[C@H](c5ccc(C)c(F)c5)C4([2H])[2H])nc(SCCC)nc32)[C@H](O)[C@@H]1O. The predicted octanol–water partition coefficient (Wildman–Crippen LogP) is 2.18. The lowest BCUT2D eigenvalue weighted by Crippen LogP contribution is -2.33. The van der Waals surface area contributed by atoms with Crippen LogP contribution < -0.4 is 5.32 Å². The van der Waals surface area contributed by atoms with E-state index in [4.69, 9.17) is 11.6 Å². The minimum Gasteiger partial charge on any atom is -0.394 e. The predicted molar refractivity (Wildman–Crippen MR) is 133 cm³/mol. The van der Waals surface area contributed by atoms with Gasteiger partial charge >= 0.3 is 0 Å². The standard InChI is InChI=1S/C24H31FN6O4S/c1-3-8-36-24-27-22(26-16-10-14(16)13-5-4-12(2)15(25)9-13)19-23(28-24)31(30-29-19)17-11-18(35-7-6-32)21(34)20(17)33/h4-5,9,14,16-18,20-21,32-34H,3,6-8,10-11H2,1-2H3,(H,26,27,28)/t14-,16+,17+,18-,20-,21+/m0/s1/i7D2,10D2,16D. The Morgan fingerprint density at radius 1 is 1.36 bits per heavy atom. The van der Waals surface area contributed by atoms with Gasteiger partial charge in [0.1, 0.15) is 18.0 Å². The quantitative estimate of drug-likeness (QED) is 0.231. The van der Waals surface area contributed by atoms with E-state index >= 15 is 0 Å². The second-order valence-corrected chi connectivity index (χ2v) is 9.84. The van der Waals surface area contributed by atoms with Gasteiger partial charge in [0.25, 0.3) is 0 Å². The van der Waals surface area contributed by atoms with Crippen LogP contribution in [0.1, 0.15) is 56.1 Å². The van der Waals surface area contributed by atoms with E-state index in [1.807, 2.05) is 6.92 Å². The lowest BCUT2D eigenvalue weighted by molar-refractivity contribution is -0.0629. The van der Waals surface area contributed by atoms with Gasteiger partial charge in [-0.3, -0.25) is 0 Å². The number of hydrogen-bond acceptors (Lipinski definition) is 10. The van der Waals surface area contributed by atoms with Gasteiger partial charge in [-0.25, -0.2) is 19.0 Å². The van der Waals surface area contributed by atoms with E-state index < -0.39 is 61.6 Å². The molecule has 2 aliphatic carbocycles. The number of thioether (sulfide) groups is 1. The van der Waals surface area contributed by atoms with Crippen LogP contribution in [0.25, 0.3) is 11.2 Å². The molecule has 5 rings (SSSR count). The highest BCUT2D eigenvalue weighted by Gasteiger charge is 2.45. The van der Waals surface area contributed by atoms with Gasteiger partial charge in [0, 0.05) is 26.9 Å². The van der Waals surface area contributed by atoms with E-state index in [1.54, 1.807) is 13.0 Å². The molecule has 3 aromatic rings. The smallest absolute Gasteiger partial charge is 0.191 e. The molecule has 0 unspecified atom stereocenters. The van der Waals surface area contributed by atoms with Crippen molar-refractivity contribution in [3.63, 3.8) is 0 Å². The van der Waals surface area contributed by atoms with E-state index in [0.717, 1.165) is 6.42 Å². The number of aliphatic hydroxyl groups excluding tert-OH is 3. The molecule has 0 aliphatic heterocycles. The van der Waals surface area contributed by atoms with Crippen molar-refractivity contribution in [1.82, 2.24) is 25.0 Å². The maximum absolute atomic E-state index is 14.3. The molecule has 1 aromatic carbocycles. The number of halogens is 1. The first-order valence-electron chi connectivity index (χ1n) is 14.2. The molecule has 10 nitrogen and oxygen atoms in total. The summed E-state index contributed by atoms with van der Waals surface area (Å²) in [5.41, 5.74) is 0.966. The summed E-state index contributed by atoms with van der Waals surface area (Å²) in [6.07, 6.45) is -5.43. The molecular formula is C24H31FN6O4S. The fourth-order valence-electron chi connectivity index (χ4n) is 4.24. The highest BCUT2D eigenvalue weighted by Crippen LogP contribution is 2.44. The summed E-state index contributed by atoms with van der Waals surface area (Å²) in [5.74, 6) is -0.819. The number of ether oxygens (including phenoxy) is 1. The second kappa shape index (κ2) is 10.5. The first-order chi connectivity index (χ1) is 19.2. The van der Waals surface area contributed by atoms with E-state index in [-0.39, 0.29) is 28.6 Å². The largest absolute Gasteiger partial charge is 0.394 e. The number of aromatic nitrogens is 5. The zero-order valence-corrected chi connectivity index (χ0v) is 20.5. The Kier molecular flexibility index (Phi) is 5.77. The van der Waals surface area contributed by atoms with Crippen molar-refractivity contribution in [1.29, 1.82) is 0 Å². The van der Waals surface area contributed by atoms with Crippen molar-refractivity contribution in [2.45, 2.75) is 74.5 Å². The molecule has 0 bridgehead atoms. The number of hydrogen-bond donors (Lipinski definition) is 4. The summed E-state index contributed by atoms with van der Waals surface area (Å²) in [4.78, 5) is 9.02. The fraction of sp³-hybridized carbons (Fsp3) is 0.583. The topological polar surface area (TPSA) is 138 Å². The van der Waals surface area contributed by atoms with Gasteiger partial charge in [-0.15, -0.1) is 5.10 Å². The highest BCUT2D eigenvalue weighted by atomic mass is 32.2. The maximum Gasteiger partial charge on any atom is 0.191 e. The van der Waals surface area contributed by atoms with Gasteiger partial charge in [-0.1, -0.05) is 36.0 Å². The number of aryl methyl sites for hydroxylation is 1. The zero-order chi connectivity index (χ0) is 29.9. The first kappa shape index (κ1) is 19.7. The van der Waals surface area contributed by atoms with Crippen LogP contribution in [0.4, 0.5) is 10.2 Å². The maximum atomic E-state index is 14.3. The average molecular weight is 524 g/mol. The summed E-state index contributed by atoms with van der Waals surface area (Å²) < 4.78 is 62.1. The van der Waals surface area contributed by atoms with E-state index in [2.05, 4.69) is 25.6 Å². The third-order valence-electron chi connectivity index (χ3n) is 6.24. The Hall–Kier alpha value is -2.38. The Balaban J connectivity index is 1.51. The van der Waals surface area contributed by atoms with Crippen LogP contribution in [-0.2, 0) is 4.74 Å². The lowest BCUT2D eigenvalue weighted by Gasteiger charge is -2.17. The molecular weight excluding hydrogens is 487 g/mol. The van der Waals surface area contributed by atoms with Gasteiger partial charge in [0.05, 0.1) is 29.4 Å². The third kappa shape index (κ3) is 4.92. The normalized spacial score (nSPS) is 33.5. The second-order valence-electron chi connectivity index (χ2n) is 8.78. The van der Waals surface area contributed by atoms with E-state index in [0.29, 0.717) is 16.9 Å². The molecule has 194 valence electrons. The van der Waals surface area contributed by atoms with Crippen LogP contribution in [0.3, 0.4) is 0 Å². The number of rotatable bonds is 10. The summed E-state index contributed by atoms with van der Waals surface area (Å²) in [6.45, 7) is 0.195. The minimum absolute atomic E-state index is 0.0336. The molecule has 2 fully saturated rings. The van der Waals surface area contributed by atoms with Gasteiger partial charge < -0.3 is 25.4 Å². The van der Waals surface area contributed by atoms with Gasteiger partial charge in [-0.2, -0.15) is 0 Å². The lowest BCUT2D eigenvalue weighted by atomic mass is 10.1. The van der Waals surface area contributed by atoms with Crippen molar-refractivity contribution in [3.05, 3.63) is 35.1 Å². The Morgan fingerprint density at radius 3 is 2.94 bits per heavy atom. The van der Waals surface area contributed by atoms with Gasteiger partial charge in [0.2, 0.25) is 0 Å². The molecule has 2 heterocycles. The molecule has 6 atom stereocenters. The number of nitrogens with one attached hydrogen (secondary N) is 1. The summed E-state index contributed by atoms with van der Waals surface area (Å²) in [6, 6.07) is 1.52. The number of anilines is 1. The van der Waals surface area contributed by atoms with Crippen molar-refractivity contribution < 1.29 is 31.3 Å². The summed E-state index contributed by atoms with van der Waals surface area (Å²) in [5, 5.41) is 42.0. The van der Waals surface area contributed by atoms with Crippen LogP contribution in [0.2, 0.25) is 0 Å². The molecule has 12 heteroatoms. The van der Waals surface area contributed by atoms with Crippen LogP contribution in [0.15, 0.2) is 23.4 Å². The van der Waals surface area contributed by atoms with Crippen LogP contribution >= 0.6 is 11.8 Å². The molecule has 0 radical (unpaired) electrons. The third-order valence-corrected chi connectivity index (χ3v) is 7.29. The molecule has 2 saturated carbocycles. The Morgan fingerprint density at radius 2 is 2.19 bits per heavy atom. The zero-order valence-electron chi connectivity index (χ0n) is 24.7. The van der Waals surface area contributed by atoms with Crippen molar-refractivity contribution in [2.24, 2.45) is 0 Å². The highest BCUT2D eigenvalue weighted by molar-refractivity contribution is 7.99. The molecule has 0 saturated heterocycles. The number of benzene rings is 1. The van der Waals surface area contributed by atoms with Crippen LogP contribution in [0.5, 0.6) is 0 Å². The first-order valence-corrected chi connectivity index (χ1v) is 12.7. The Bertz CT molecular complexity index is 1450. The summed E-state index contributed by atoms with van der Waals surface area (Å²) in [7, 11) is 0. The van der Waals surface area contributed by atoms with Crippen LogP contribution in [-0.4, -0.2) is 83.5 Å². The Labute approximate surface area is 219 Å². The molecule has 2 aromatic heterocycles. The molecule has 0 spiro atoms. The number of nitrogens with zero attached hydrogens (tertiary/aromatic N) is 5. The fourth-order valence-corrected chi connectivity index (χ4v) is 4.93. The number of aliphatic hydroxyl groups is 3. The van der Waals surface area contributed by atoms with Gasteiger partial charge in [0.15, 0.2) is 22.1 Å². The monoisotopic (exact) mass is 523 g/mol. The minimum atomic E-state index is -2.43. The molecule has 36 heavy (non-hydrogen) atoms. The number of fused-ring (bicyclic) bond motifs is 1.